The van der Waals surface area contributed by atoms with E-state index in [2.05, 4.69) is 27.7 Å². The topological polar surface area (TPSA) is 78.9 Å². The quantitative estimate of drug-likeness (QED) is 0.518. The van der Waals surface area contributed by atoms with Gasteiger partial charge in [-0.2, -0.15) is 0 Å². The maximum Gasteiger partial charge on any atom is 0.310 e. The number of fused-ring (bicyclic) bond motifs is 3. The molecule has 29 heavy (non-hydrogen) atoms. The molecular formula is C23H36O6. The van der Waals surface area contributed by atoms with Crippen molar-refractivity contribution in [2.24, 2.45) is 34.0 Å². The Morgan fingerprint density at radius 2 is 1.79 bits per heavy atom. The average Bonchev–Trinajstić information content (AvgIpc) is 2.62. The Kier molecular flexibility index (Phi) is 5.78. The minimum atomic E-state index is -0.653. The smallest absolute Gasteiger partial charge is 0.310 e. The number of rotatable bonds is 4. The third kappa shape index (κ3) is 3.68. The molecular weight excluding hydrogens is 372 g/mol. The third-order valence-corrected chi connectivity index (χ3v) is 8.40. The third-order valence-electron chi connectivity index (χ3n) is 8.40. The highest BCUT2D eigenvalue weighted by molar-refractivity contribution is 5.81. The summed E-state index contributed by atoms with van der Waals surface area (Å²) in [6.07, 6.45) is 4.98. The van der Waals surface area contributed by atoms with Gasteiger partial charge in [0.25, 0.3) is 0 Å². The molecule has 0 bridgehead atoms. The first-order chi connectivity index (χ1) is 13.5. The van der Waals surface area contributed by atoms with Crippen LogP contribution in [0.3, 0.4) is 0 Å². The fourth-order valence-electron chi connectivity index (χ4n) is 7.02. The maximum absolute atomic E-state index is 13.1. The van der Waals surface area contributed by atoms with E-state index < -0.39 is 11.9 Å². The van der Waals surface area contributed by atoms with Crippen LogP contribution in [0.25, 0.3) is 0 Å². The molecule has 6 nitrogen and oxygen atoms in total. The highest BCUT2D eigenvalue weighted by Gasteiger charge is 2.65. The molecule has 0 spiro atoms. The second-order valence-corrected chi connectivity index (χ2v) is 10.6. The summed E-state index contributed by atoms with van der Waals surface area (Å²) in [7, 11) is 1.32. The number of hydrogen-bond donors (Lipinski definition) is 0. The molecule has 1 heterocycles. The van der Waals surface area contributed by atoms with Crippen molar-refractivity contribution in [2.45, 2.75) is 79.2 Å². The predicted molar refractivity (Wildman–Crippen MR) is 107 cm³/mol. The van der Waals surface area contributed by atoms with Crippen LogP contribution in [0.1, 0.15) is 73.1 Å². The molecule has 164 valence electrons. The van der Waals surface area contributed by atoms with Crippen molar-refractivity contribution in [2.75, 3.05) is 13.7 Å². The fraction of sp³-hybridized carbons (Fsp3) is 0.870. The second kappa shape index (κ2) is 7.59. The molecule has 3 fully saturated rings. The van der Waals surface area contributed by atoms with Crippen LogP contribution in [0, 0.1) is 34.0 Å². The summed E-state index contributed by atoms with van der Waals surface area (Å²) < 4.78 is 16.4. The van der Waals surface area contributed by atoms with Gasteiger partial charge in [-0.05, 0) is 37.0 Å². The van der Waals surface area contributed by atoms with E-state index in [0.29, 0.717) is 5.92 Å². The largest absolute Gasteiger partial charge is 0.469 e. The number of carbonyl (C=O) groups excluding carboxylic acids is 3. The second-order valence-electron chi connectivity index (χ2n) is 10.6. The van der Waals surface area contributed by atoms with Crippen molar-refractivity contribution in [3.05, 3.63) is 0 Å². The average molecular weight is 409 g/mol. The van der Waals surface area contributed by atoms with Crippen molar-refractivity contribution in [3.8, 4) is 0 Å². The predicted octanol–water partition coefficient (Wildman–Crippen LogP) is 3.90. The highest BCUT2D eigenvalue weighted by atomic mass is 16.6. The Bertz CT molecular complexity index is 685. The summed E-state index contributed by atoms with van der Waals surface area (Å²) in [6, 6.07) is 0. The van der Waals surface area contributed by atoms with Crippen LogP contribution >= 0.6 is 0 Å². The molecule has 6 atom stereocenters. The van der Waals surface area contributed by atoms with E-state index in [-0.39, 0.29) is 53.2 Å². The van der Waals surface area contributed by atoms with E-state index in [9.17, 15) is 14.4 Å². The minimum Gasteiger partial charge on any atom is -0.469 e. The van der Waals surface area contributed by atoms with E-state index in [4.69, 9.17) is 14.2 Å². The molecule has 6 heteroatoms. The normalized spacial score (nSPS) is 40.8. The lowest BCUT2D eigenvalue weighted by Crippen LogP contribution is -2.66. The molecule has 3 aliphatic rings. The standard InChI is InChI=1S/C23H36O6/c1-14(24)28-13-16-15(12-18(25)27-6)19(26)29-20-22(16,4)11-8-17-21(2,3)9-7-10-23(17,20)5/h15-17,20H,7-13H2,1-6H3/t15-,16-,17+,20+,22+,23+/m1/s1. The molecule has 0 aromatic rings. The Labute approximate surface area is 174 Å². The Hall–Kier alpha value is -1.59. The first-order valence-corrected chi connectivity index (χ1v) is 10.9. The van der Waals surface area contributed by atoms with Gasteiger partial charge in [-0.3, -0.25) is 14.4 Å². The molecule has 0 radical (unpaired) electrons. The monoisotopic (exact) mass is 408 g/mol. The lowest BCUT2D eigenvalue weighted by molar-refractivity contribution is -0.246. The molecule has 1 aliphatic heterocycles. The lowest BCUT2D eigenvalue weighted by Gasteiger charge is -2.64. The zero-order chi connectivity index (χ0) is 21.6. The lowest BCUT2D eigenvalue weighted by atomic mass is 9.43. The van der Waals surface area contributed by atoms with E-state index in [1.807, 2.05) is 0 Å². The van der Waals surface area contributed by atoms with E-state index in [1.165, 1.54) is 20.5 Å². The Morgan fingerprint density at radius 3 is 2.41 bits per heavy atom. The summed E-state index contributed by atoms with van der Waals surface area (Å²) in [4.78, 5) is 36.7. The fourth-order valence-corrected chi connectivity index (χ4v) is 7.02. The zero-order valence-electron chi connectivity index (χ0n) is 18.7. The summed E-state index contributed by atoms with van der Waals surface area (Å²) >= 11 is 0. The van der Waals surface area contributed by atoms with Crippen LogP contribution < -0.4 is 0 Å². The number of methoxy groups -OCH3 is 1. The van der Waals surface area contributed by atoms with Gasteiger partial charge in [0.2, 0.25) is 0 Å². The molecule has 3 rings (SSSR count). The van der Waals surface area contributed by atoms with Crippen molar-refractivity contribution in [3.63, 3.8) is 0 Å². The van der Waals surface area contributed by atoms with Crippen LogP contribution in [0.4, 0.5) is 0 Å². The van der Waals surface area contributed by atoms with Crippen LogP contribution in [0.2, 0.25) is 0 Å². The number of hydrogen-bond acceptors (Lipinski definition) is 6. The molecule has 0 unspecified atom stereocenters. The van der Waals surface area contributed by atoms with Gasteiger partial charge in [0.05, 0.1) is 26.1 Å². The molecule has 0 aromatic carbocycles. The molecule has 1 saturated heterocycles. The summed E-state index contributed by atoms with van der Waals surface area (Å²) in [5, 5.41) is 0. The van der Waals surface area contributed by atoms with Gasteiger partial charge in [0.1, 0.15) is 6.10 Å². The number of esters is 3. The van der Waals surface area contributed by atoms with Crippen molar-refractivity contribution in [1.82, 2.24) is 0 Å². The van der Waals surface area contributed by atoms with Crippen molar-refractivity contribution < 1.29 is 28.6 Å². The minimum absolute atomic E-state index is 0.0464. The van der Waals surface area contributed by atoms with Gasteiger partial charge >= 0.3 is 17.9 Å². The maximum atomic E-state index is 13.1. The summed E-state index contributed by atoms with van der Waals surface area (Å²) in [5.74, 6) is -1.62. The van der Waals surface area contributed by atoms with Crippen LogP contribution in [-0.2, 0) is 28.6 Å². The summed E-state index contributed by atoms with van der Waals surface area (Å²) in [6.45, 7) is 10.6. The van der Waals surface area contributed by atoms with E-state index in [0.717, 1.165) is 25.7 Å². The van der Waals surface area contributed by atoms with Crippen molar-refractivity contribution in [1.29, 1.82) is 0 Å². The molecule has 2 aliphatic carbocycles. The number of ether oxygens (including phenoxy) is 3. The molecule has 0 aromatic heterocycles. The first kappa shape index (κ1) is 22.1. The van der Waals surface area contributed by atoms with Crippen LogP contribution in [0.15, 0.2) is 0 Å². The molecule has 2 saturated carbocycles. The Balaban J connectivity index is 1.99. The van der Waals surface area contributed by atoms with Crippen LogP contribution in [-0.4, -0.2) is 37.7 Å². The van der Waals surface area contributed by atoms with Gasteiger partial charge in [0.15, 0.2) is 0 Å². The molecule has 0 N–H and O–H groups in total. The van der Waals surface area contributed by atoms with E-state index in [1.54, 1.807) is 0 Å². The van der Waals surface area contributed by atoms with Gasteiger partial charge < -0.3 is 14.2 Å². The zero-order valence-corrected chi connectivity index (χ0v) is 18.7. The Morgan fingerprint density at radius 1 is 1.10 bits per heavy atom. The molecule has 0 amide bonds. The van der Waals surface area contributed by atoms with Gasteiger partial charge in [-0.1, -0.05) is 34.1 Å². The van der Waals surface area contributed by atoms with Gasteiger partial charge in [0, 0.05) is 23.7 Å². The SMILES string of the molecule is COC(=O)C[C@H]1C(=O)O[C@H]2[C@@](C)(CC[C@H]3C(C)(C)CCC[C@]23C)[C@@H]1COC(C)=O. The van der Waals surface area contributed by atoms with Gasteiger partial charge in [-0.15, -0.1) is 0 Å². The number of carbonyl (C=O) groups is 3. The van der Waals surface area contributed by atoms with E-state index >= 15 is 0 Å². The van der Waals surface area contributed by atoms with Crippen molar-refractivity contribution >= 4 is 17.9 Å². The van der Waals surface area contributed by atoms with Crippen LogP contribution in [0.5, 0.6) is 0 Å². The first-order valence-electron chi connectivity index (χ1n) is 10.9. The van der Waals surface area contributed by atoms with Gasteiger partial charge in [-0.25, -0.2) is 0 Å². The summed E-state index contributed by atoms with van der Waals surface area (Å²) in [5.41, 5.74) is -0.259. The highest BCUT2D eigenvalue weighted by Crippen LogP contribution is 2.65.